The van der Waals surface area contributed by atoms with E-state index in [4.69, 9.17) is 9.47 Å². The molecule has 1 aliphatic rings. The van der Waals surface area contributed by atoms with Crippen molar-refractivity contribution in [3.8, 4) is 0 Å². The van der Waals surface area contributed by atoms with E-state index >= 15 is 0 Å². The Morgan fingerprint density at radius 3 is 2.53 bits per heavy atom. The predicted octanol–water partition coefficient (Wildman–Crippen LogP) is 1.46. The van der Waals surface area contributed by atoms with Gasteiger partial charge in [-0.3, -0.25) is 9.59 Å². The van der Waals surface area contributed by atoms with Gasteiger partial charge in [0.1, 0.15) is 11.9 Å². The summed E-state index contributed by atoms with van der Waals surface area (Å²) in [4.78, 5) is 21.8. The first-order chi connectivity index (χ1) is 6.97. The van der Waals surface area contributed by atoms with Crippen LogP contribution in [-0.2, 0) is 19.1 Å². The molecule has 4 heteroatoms. The zero-order chi connectivity index (χ0) is 11.4. The van der Waals surface area contributed by atoms with E-state index in [1.165, 1.54) is 6.92 Å². The first kappa shape index (κ1) is 12.2. The third kappa shape index (κ3) is 4.42. The normalized spacial score (nSPS) is 31.0. The van der Waals surface area contributed by atoms with Crippen LogP contribution in [0.3, 0.4) is 0 Å². The Bertz CT molecular complexity index is 225. The molecule has 3 unspecified atom stereocenters. The van der Waals surface area contributed by atoms with Crippen LogP contribution in [-0.4, -0.2) is 30.1 Å². The third-order valence-corrected chi connectivity index (χ3v) is 2.39. The van der Waals surface area contributed by atoms with Gasteiger partial charge in [-0.05, 0) is 13.8 Å². The fourth-order valence-corrected chi connectivity index (χ4v) is 1.98. The Balaban J connectivity index is 2.47. The molecule has 0 radical (unpaired) electrons. The van der Waals surface area contributed by atoms with E-state index in [9.17, 15) is 9.59 Å². The number of rotatable bonds is 3. The van der Waals surface area contributed by atoms with Crippen LogP contribution in [0.1, 0.15) is 40.0 Å². The molecule has 0 saturated carbocycles. The molecule has 0 aromatic carbocycles. The Morgan fingerprint density at radius 1 is 1.33 bits per heavy atom. The van der Waals surface area contributed by atoms with E-state index in [0.717, 1.165) is 0 Å². The van der Waals surface area contributed by atoms with E-state index in [-0.39, 0.29) is 30.1 Å². The first-order valence-electron chi connectivity index (χ1n) is 5.29. The summed E-state index contributed by atoms with van der Waals surface area (Å²) in [6.07, 6.45) is 1.60. The fourth-order valence-electron chi connectivity index (χ4n) is 1.98. The maximum absolute atomic E-state index is 11.0. The minimum atomic E-state index is -0.268. The van der Waals surface area contributed by atoms with Crippen LogP contribution in [0.15, 0.2) is 0 Å². The number of carbonyl (C=O) groups is 2. The third-order valence-electron chi connectivity index (χ3n) is 2.39. The minimum absolute atomic E-state index is 0.0486. The van der Waals surface area contributed by atoms with E-state index in [0.29, 0.717) is 19.3 Å². The quantitative estimate of drug-likeness (QED) is 0.667. The van der Waals surface area contributed by atoms with Gasteiger partial charge in [0.05, 0.1) is 12.2 Å². The van der Waals surface area contributed by atoms with Crippen molar-refractivity contribution in [1.82, 2.24) is 0 Å². The Morgan fingerprint density at radius 2 is 2.00 bits per heavy atom. The summed E-state index contributed by atoms with van der Waals surface area (Å²) in [7, 11) is 0. The number of ether oxygens (including phenoxy) is 2. The molecule has 0 N–H and O–H groups in total. The van der Waals surface area contributed by atoms with Crippen LogP contribution in [0.5, 0.6) is 0 Å². The highest BCUT2D eigenvalue weighted by Crippen LogP contribution is 2.24. The molecule has 0 spiro atoms. The largest absolute Gasteiger partial charge is 0.462 e. The fraction of sp³-hybridized carbons (Fsp3) is 0.818. The summed E-state index contributed by atoms with van der Waals surface area (Å²) in [5.41, 5.74) is 0. The SMILES string of the molecule is CC(=O)CC1CC(OC(C)=O)CC(C)O1. The number of Topliss-reactive ketones (excluding diaryl/α,β-unsaturated/α-hetero) is 1. The maximum atomic E-state index is 11.0. The van der Waals surface area contributed by atoms with Gasteiger partial charge in [0.25, 0.3) is 0 Å². The second kappa shape index (κ2) is 5.26. The Hall–Kier alpha value is -0.900. The summed E-state index contributed by atoms with van der Waals surface area (Å²) < 4.78 is 10.7. The molecule has 4 nitrogen and oxygen atoms in total. The van der Waals surface area contributed by atoms with Gasteiger partial charge in [-0.2, -0.15) is 0 Å². The van der Waals surface area contributed by atoms with Crippen molar-refractivity contribution in [1.29, 1.82) is 0 Å². The molecule has 1 rings (SSSR count). The molecule has 1 heterocycles. The number of carbonyl (C=O) groups excluding carboxylic acids is 2. The lowest BCUT2D eigenvalue weighted by molar-refractivity contribution is -0.158. The van der Waals surface area contributed by atoms with Crippen LogP contribution in [0.2, 0.25) is 0 Å². The van der Waals surface area contributed by atoms with Crippen molar-refractivity contribution in [3.05, 3.63) is 0 Å². The highest BCUT2D eigenvalue weighted by molar-refractivity contribution is 5.76. The van der Waals surface area contributed by atoms with Gasteiger partial charge in [-0.15, -0.1) is 0 Å². The van der Waals surface area contributed by atoms with Crippen molar-refractivity contribution in [2.24, 2.45) is 0 Å². The van der Waals surface area contributed by atoms with E-state index in [2.05, 4.69) is 0 Å². The molecule has 1 aliphatic heterocycles. The number of esters is 1. The van der Waals surface area contributed by atoms with Gasteiger partial charge in [0.15, 0.2) is 0 Å². The van der Waals surface area contributed by atoms with Crippen molar-refractivity contribution >= 4 is 11.8 Å². The molecule has 0 bridgehead atoms. The zero-order valence-electron chi connectivity index (χ0n) is 9.49. The smallest absolute Gasteiger partial charge is 0.302 e. The Kier molecular flexibility index (Phi) is 4.27. The highest BCUT2D eigenvalue weighted by Gasteiger charge is 2.29. The zero-order valence-corrected chi connectivity index (χ0v) is 9.49. The average molecular weight is 214 g/mol. The minimum Gasteiger partial charge on any atom is -0.462 e. The van der Waals surface area contributed by atoms with Gasteiger partial charge in [-0.25, -0.2) is 0 Å². The lowest BCUT2D eigenvalue weighted by Gasteiger charge is -2.32. The van der Waals surface area contributed by atoms with Crippen LogP contribution < -0.4 is 0 Å². The van der Waals surface area contributed by atoms with Crippen LogP contribution >= 0.6 is 0 Å². The van der Waals surface area contributed by atoms with Crippen molar-refractivity contribution in [2.45, 2.75) is 58.3 Å². The van der Waals surface area contributed by atoms with Gasteiger partial charge in [0.2, 0.25) is 0 Å². The molecule has 0 aromatic heterocycles. The van der Waals surface area contributed by atoms with Gasteiger partial charge >= 0.3 is 5.97 Å². The number of ketones is 1. The molecule has 1 saturated heterocycles. The molecule has 0 aromatic rings. The molecule has 0 aliphatic carbocycles. The Labute approximate surface area is 89.9 Å². The summed E-state index contributed by atoms with van der Waals surface area (Å²) >= 11 is 0. The van der Waals surface area contributed by atoms with Gasteiger partial charge in [-0.1, -0.05) is 0 Å². The molecule has 86 valence electrons. The summed E-state index contributed by atoms with van der Waals surface area (Å²) in [5.74, 6) is -0.161. The standard InChI is InChI=1S/C11H18O4/c1-7(12)4-10-6-11(15-9(3)13)5-8(2)14-10/h8,10-11H,4-6H2,1-3H3. The molecule has 3 atom stereocenters. The van der Waals surface area contributed by atoms with E-state index in [1.54, 1.807) is 6.92 Å². The van der Waals surface area contributed by atoms with Crippen molar-refractivity contribution < 1.29 is 19.1 Å². The van der Waals surface area contributed by atoms with Crippen molar-refractivity contribution in [2.75, 3.05) is 0 Å². The summed E-state index contributed by atoms with van der Waals surface area (Å²) in [6, 6.07) is 0. The molecule has 0 amide bonds. The van der Waals surface area contributed by atoms with Crippen LogP contribution in [0.4, 0.5) is 0 Å². The van der Waals surface area contributed by atoms with Crippen molar-refractivity contribution in [3.63, 3.8) is 0 Å². The lowest BCUT2D eigenvalue weighted by atomic mass is 9.98. The summed E-state index contributed by atoms with van der Waals surface area (Å²) in [5, 5.41) is 0. The monoisotopic (exact) mass is 214 g/mol. The average Bonchev–Trinajstić information content (AvgIpc) is 1.98. The van der Waals surface area contributed by atoms with Crippen LogP contribution in [0.25, 0.3) is 0 Å². The maximum Gasteiger partial charge on any atom is 0.302 e. The van der Waals surface area contributed by atoms with E-state index < -0.39 is 0 Å². The number of hydrogen-bond acceptors (Lipinski definition) is 4. The van der Waals surface area contributed by atoms with Crippen LogP contribution in [0, 0.1) is 0 Å². The molecule has 1 fully saturated rings. The van der Waals surface area contributed by atoms with Gasteiger partial charge in [0, 0.05) is 26.2 Å². The molecule has 15 heavy (non-hydrogen) atoms. The second-order valence-electron chi connectivity index (χ2n) is 4.18. The lowest BCUT2D eigenvalue weighted by Crippen LogP contribution is -2.37. The first-order valence-corrected chi connectivity index (χ1v) is 5.29. The van der Waals surface area contributed by atoms with Gasteiger partial charge < -0.3 is 9.47 Å². The predicted molar refractivity (Wildman–Crippen MR) is 54.4 cm³/mol. The molecular weight excluding hydrogens is 196 g/mol. The highest BCUT2D eigenvalue weighted by atomic mass is 16.6. The molecular formula is C11H18O4. The summed E-state index contributed by atoms with van der Waals surface area (Å²) in [6.45, 7) is 4.88. The van der Waals surface area contributed by atoms with E-state index in [1.807, 2.05) is 6.92 Å². The topological polar surface area (TPSA) is 52.6 Å². The number of hydrogen-bond donors (Lipinski definition) is 0. The second-order valence-corrected chi connectivity index (χ2v) is 4.18.